The molecule has 1 aliphatic carbocycles. The van der Waals surface area contributed by atoms with Crippen LogP contribution in [-0.2, 0) is 17.6 Å². The van der Waals surface area contributed by atoms with Crippen LogP contribution in [0.4, 0.5) is 10.7 Å². The zero-order chi connectivity index (χ0) is 23.4. The number of nitrogens with zero attached hydrogens (tertiary/aromatic N) is 3. The van der Waals surface area contributed by atoms with Gasteiger partial charge in [0.25, 0.3) is 5.69 Å². The number of fused-ring (bicyclic) bond motifs is 1. The number of anilines is 1. The average molecular weight is 481 g/mol. The van der Waals surface area contributed by atoms with E-state index in [2.05, 4.69) is 16.4 Å². The fourth-order valence-corrected chi connectivity index (χ4v) is 5.72. The van der Waals surface area contributed by atoms with Gasteiger partial charge in [0, 0.05) is 34.2 Å². The molecule has 1 aliphatic rings. The van der Waals surface area contributed by atoms with E-state index in [0.717, 1.165) is 31.2 Å². The van der Waals surface area contributed by atoms with Crippen LogP contribution in [0.3, 0.4) is 0 Å². The van der Waals surface area contributed by atoms with Gasteiger partial charge in [-0.1, -0.05) is 12.1 Å². The van der Waals surface area contributed by atoms with Gasteiger partial charge in [-0.25, -0.2) is 9.78 Å². The minimum absolute atomic E-state index is 0.0204. The maximum atomic E-state index is 12.6. The van der Waals surface area contributed by atoms with Gasteiger partial charge in [0.15, 0.2) is 0 Å². The second-order valence-corrected chi connectivity index (χ2v) is 9.26. The normalized spacial score (nSPS) is 13.2. The number of thiazole rings is 1. The number of thiophene rings is 1. The molecule has 0 saturated carbocycles. The molecule has 4 rings (SSSR count). The van der Waals surface area contributed by atoms with Gasteiger partial charge < -0.3 is 10.1 Å². The Balaban J connectivity index is 1.62. The Morgan fingerprint density at radius 2 is 2.21 bits per heavy atom. The Morgan fingerprint density at radius 1 is 1.39 bits per heavy atom. The number of carbonyl (C=O) groups is 1. The number of nitrogens with one attached hydrogen (secondary N) is 1. The number of nitro groups is 1. The highest BCUT2D eigenvalue weighted by Crippen LogP contribution is 2.39. The van der Waals surface area contributed by atoms with Crippen molar-refractivity contribution in [3.63, 3.8) is 0 Å². The molecule has 0 unspecified atom stereocenters. The van der Waals surface area contributed by atoms with Crippen molar-refractivity contribution in [1.29, 1.82) is 5.26 Å². The summed E-state index contributed by atoms with van der Waals surface area (Å²) in [6, 6.07) is 8.36. The van der Waals surface area contributed by atoms with Crippen LogP contribution in [0.1, 0.15) is 45.6 Å². The fourth-order valence-electron chi connectivity index (χ4n) is 3.68. The lowest BCUT2D eigenvalue weighted by Gasteiger charge is -2.12. The molecule has 168 valence electrons. The molecule has 10 heteroatoms. The van der Waals surface area contributed by atoms with E-state index in [1.807, 2.05) is 0 Å². The van der Waals surface area contributed by atoms with Gasteiger partial charge >= 0.3 is 5.97 Å². The molecule has 3 aromatic rings. The maximum absolute atomic E-state index is 12.6. The van der Waals surface area contributed by atoms with Crippen LogP contribution in [0.2, 0.25) is 0 Å². The van der Waals surface area contributed by atoms with Crippen LogP contribution in [0.5, 0.6) is 0 Å². The van der Waals surface area contributed by atoms with Crippen molar-refractivity contribution in [2.75, 3.05) is 11.9 Å². The smallest absolute Gasteiger partial charge is 0.341 e. The predicted molar refractivity (Wildman–Crippen MR) is 128 cm³/mol. The SMILES string of the molecule is CCOC(=O)c1c(N/C=C(/C#N)c2nc(-c3cccc([N+](=O)[O-])c3)cs2)sc2c1CCCC2. The maximum Gasteiger partial charge on any atom is 0.341 e. The molecular formula is C23H20N4O4S2. The first kappa shape index (κ1) is 22.6. The Morgan fingerprint density at radius 3 is 2.97 bits per heavy atom. The van der Waals surface area contributed by atoms with Gasteiger partial charge in [-0.15, -0.1) is 22.7 Å². The number of rotatable bonds is 7. The zero-order valence-electron chi connectivity index (χ0n) is 17.8. The van der Waals surface area contributed by atoms with Crippen LogP contribution in [0, 0.1) is 21.4 Å². The van der Waals surface area contributed by atoms with Crippen molar-refractivity contribution < 1.29 is 14.5 Å². The van der Waals surface area contributed by atoms with Crippen molar-refractivity contribution >= 4 is 44.9 Å². The van der Waals surface area contributed by atoms with Crippen LogP contribution in [0.25, 0.3) is 16.8 Å². The molecule has 0 amide bonds. The lowest BCUT2D eigenvalue weighted by atomic mass is 9.95. The number of aromatic nitrogens is 1. The minimum Gasteiger partial charge on any atom is -0.462 e. The number of non-ortho nitro benzene ring substituents is 1. The topological polar surface area (TPSA) is 118 Å². The second-order valence-electron chi connectivity index (χ2n) is 7.29. The van der Waals surface area contributed by atoms with Gasteiger partial charge in [0.1, 0.15) is 21.7 Å². The number of hydrogen-bond donors (Lipinski definition) is 1. The highest BCUT2D eigenvalue weighted by Gasteiger charge is 2.26. The van der Waals surface area contributed by atoms with Gasteiger partial charge in [0.2, 0.25) is 0 Å². The number of nitriles is 1. The monoisotopic (exact) mass is 480 g/mol. The number of benzene rings is 1. The number of ether oxygens (including phenoxy) is 1. The molecule has 0 radical (unpaired) electrons. The highest BCUT2D eigenvalue weighted by atomic mass is 32.1. The van der Waals surface area contributed by atoms with E-state index >= 15 is 0 Å². The van der Waals surface area contributed by atoms with Crippen molar-refractivity contribution in [3.05, 3.63) is 67.0 Å². The Hall–Kier alpha value is -3.55. The van der Waals surface area contributed by atoms with Crippen LogP contribution < -0.4 is 5.32 Å². The lowest BCUT2D eigenvalue weighted by molar-refractivity contribution is -0.384. The molecule has 0 fully saturated rings. The lowest BCUT2D eigenvalue weighted by Crippen LogP contribution is -2.10. The van der Waals surface area contributed by atoms with Crippen LogP contribution in [0.15, 0.2) is 35.8 Å². The number of aryl methyl sites for hydroxylation is 1. The number of hydrogen-bond acceptors (Lipinski definition) is 9. The molecule has 33 heavy (non-hydrogen) atoms. The zero-order valence-corrected chi connectivity index (χ0v) is 19.4. The molecular weight excluding hydrogens is 460 g/mol. The third-order valence-electron chi connectivity index (χ3n) is 5.21. The molecule has 0 bridgehead atoms. The van der Waals surface area contributed by atoms with Crippen LogP contribution >= 0.6 is 22.7 Å². The van der Waals surface area contributed by atoms with E-state index in [-0.39, 0.29) is 11.7 Å². The Labute approximate surface area is 198 Å². The Bertz CT molecular complexity index is 1290. The Kier molecular flexibility index (Phi) is 6.82. The largest absolute Gasteiger partial charge is 0.462 e. The summed E-state index contributed by atoms with van der Waals surface area (Å²) in [6.07, 6.45) is 5.45. The van der Waals surface area contributed by atoms with Crippen molar-refractivity contribution in [2.45, 2.75) is 32.6 Å². The summed E-state index contributed by atoms with van der Waals surface area (Å²) < 4.78 is 5.27. The first-order valence-corrected chi connectivity index (χ1v) is 12.1. The van der Waals surface area contributed by atoms with Crippen LogP contribution in [-0.4, -0.2) is 22.5 Å². The summed E-state index contributed by atoms with van der Waals surface area (Å²) in [6.45, 7) is 2.07. The van der Waals surface area contributed by atoms with Crippen molar-refractivity contribution in [1.82, 2.24) is 4.98 Å². The molecule has 1 N–H and O–H groups in total. The van der Waals surface area contributed by atoms with E-state index in [0.29, 0.717) is 39.0 Å². The molecule has 2 heterocycles. The fraction of sp³-hybridized carbons (Fsp3) is 0.261. The second kappa shape index (κ2) is 9.94. The first-order valence-electron chi connectivity index (χ1n) is 10.4. The number of allylic oxidation sites excluding steroid dienone is 1. The summed E-state index contributed by atoms with van der Waals surface area (Å²) in [5.41, 5.74) is 3.04. The molecule has 0 aliphatic heterocycles. The molecule has 8 nitrogen and oxygen atoms in total. The highest BCUT2D eigenvalue weighted by molar-refractivity contribution is 7.16. The number of nitro benzene ring substituents is 1. The van der Waals surface area contributed by atoms with E-state index in [1.165, 1.54) is 39.7 Å². The molecule has 1 aromatic carbocycles. The number of carbonyl (C=O) groups excluding carboxylic acids is 1. The summed E-state index contributed by atoms with van der Waals surface area (Å²) >= 11 is 2.80. The summed E-state index contributed by atoms with van der Waals surface area (Å²) in [5, 5.41) is 26.8. The van der Waals surface area contributed by atoms with E-state index < -0.39 is 4.92 Å². The average Bonchev–Trinajstić information content (AvgIpc) is 3.45. The predicted octanol–water partition coefficient (Wildman–Crippen LogP) is 5.81. The third kappa shape index (κ3) is 4.79. The van der Waals surface area contributed by atoms with Gasteiger partial charge in [-0.2, -0.15) is 5.26 Å². The summed E-state index contributed by atoms with van der Waals surface area (Å²) in [7, 11) is 0. The van der Waals surface area contributed by atoms with Gasteiger partial charge in [-0.3, -0.25) is 10.1 Å². The summed E-state index contributed by atoms with van der Waals surface area (Å²) in [5.74, 6) is -0.353. The van der Waals surface area contributed by atoms with E-state index in [9.17, 15) is 20.2 Å². The van der Waals surface area contributed by atoms with E-state index in [4.69, 9.17) is 4.74 Å². The standard InChI is InChI=1S/C23H20N4O4S2/c1-2-31-23(28)20-17-8-3-4-9-19(17)33-22(20)25-12-15(11-24)21-26-18(13-32-21)14-6-5-7-16(10-14)27(29)30/h5-7,10,12-13,25H,2-4,8-9H2,1H3/b15-12-. The van der Waals surface area contributed by atoms with Crippen molar-refractivity contribution in [3.8, 4) is 17.3 Å². The van der Waals surface area contributed by atoms with Gasteiger partial charge in [0.05, 0.1) is 22.8 Å². The third-order valence-corrected chi connectivity index (χ3v) is 7.30. The van der Waals surface area contributed by atoms with Gasteiger partial charge in [-0.05, 0) is 38.2 Å². The summed E-state index contributed by atoms with van der Waals surface area (Å²) in [4.78, 5) is 28.9. The minimum atomic E-state index is -0.455. The molecule has 2 aromatic heterocycles. The molecule has 0 atom stereocenters. The quantitative estimate of drug-likeness (QED) is 0.196. The first-order chi connectivity index (χ1) is 16.0. The van der Waals surface area contributed by atoms with Crippen molar-refractivity contribution in [2.24, 2.45) is 0 Å². The van der Waals surface area contributed by atoms with E-state index in [1.54, 1.807) is 30.6 Å². The number of esters is 1. The molecule has 0 spiro atoms. The molecule has 0 saturated heterocycles.